The molecule has 0 unspecified atom stereocenters. The van der Waals surface area contributed by atoms with Crippen molar-refractivity contribution in [1.29, 1.82) is 0 Å². The number of halogens is 1. The smallest absolute Gasteiger partial charge is 0.0891 e. The molecule has 1 heterocycles. The van der Waals surface area contributed by atoms with E-state index in [4.69, 9.17) is 17.3 Å². The van der Waals surface area contributed by atoms with Crippen LogP contribution in [0.4, 0.5) is 0 Å². The molecule has 2 nitrogen and oxygen atoms in total. The molecule has 2 N–H and O–H groups in total. The molecule has 1 saturated carbocycles. The monoisotopic (exact) mass is 246 g/mol. The molecule has 1 aromatic heterocycles. The largest absolute Gasteiger partial charge is 0.325 e. The third-order valence-electron chi connectivity index (χ3n) is 3.50. The van der Waals surface area contributed by atoms with E-state index >= 15 is 0 Å². The normalized spacial score (nSPS) is 17.3. The number of fused-ring (bicyclic) bond motifs is 1. The van der Waals surface area contributed by atoms with Gasteiger partial charge in [-0.2, -0.15) is 0 Å². The van der Waals surface area contributed by atoms with Crippen LogP contribution in [0.15, 0.2) is 30.3 Å². The van der Waals surface area contributed by atoms with E-state index in [1.807, 2.05) is 18.2 Å². The van der Waals surface area contributed by atoms with E-state index in [0.29, 0.717) is 0 Å². The van der Waals surface area contributed by atoms with Crippen LogP contribution in [0.3, 0.4) is 0 Å². The van der Waals surface area contributed by atoms with Gasteiger partial charge in [0, 0.05) is 16.6 Å². The van der Waals surface area contributed by atoms with Gasteiger partial charge in [0.2, 0.25) is 0 Å². The molecule has 1 aliphatic rings. The number of hydrogen-bond acceptors (Lipinski definition) is 2. The van der Waals surface area contributed by atoms with Gasteiger partial charge >= 0.3 is 0 Å². The van der Waals surface area contributed by atoms with Crippen molar-refractivity contribution in [2.45, 2.75) is 31.2 Å². The summed E-state index contributed by atoms with van der Waals surface area (Å²) in [6.07, 6.45) is 4.27. The molecular weight excluding hydrogens is 232 g/mol. The van der Waals surface area contributed by atoms with Crippen molar-refractivity contribution in [3.05, 3.63) is 41.0 Å². The molecule has 0 saturated heterocycles. The maximum Gasteiger partial charge on any atom is 0.0891 e. The van der Waals surface area contributed by atoms with Gasteiger partial charge in [0.15, 0.2) is 0 Å². The first-order chi connectivity index (χ1) is 8.16. The second kappa shape index (κ2) is 3.97. The number of hydrogen-bond donors (Lipinski definition) is 1. The summed E-state index contributed by atoms with van der Waals surface area (Å²) in [5, 5.41) is 1.81. The summed E-state index contributed by atoms with van der Waals surface area (Å²) in [6, 6.07) is 10.0. The van der Waals surface area contributed by atoms with Crippen molar-refractivity contribution in [2.24, 2.45) is 5.73 Å². The van der Waals surface area contributed by atoms with Gasteiger partial charge in [-0.25, -0.2) is 0 Å². The summed E-state index contributed by atoms with van der Waals surface area (Å²) in [5.41, 5.74) is 8.16. The molecule has 17 heavy (non-hydrogen) atoms. The van der Waals surface area contributed by atoms with Crippen LogP contribution in [-0.4, -0.2) is 10.5 Å². The third kappa shape index (κ3) is 2.28. The van der Waals surface area contributed by atoms with Crippen LogP contribution in [0.5, 0.6) is 0 Å². The van der Waals surface area contributed by atoms with Gasteiger partial charge in [-0.3, -0.25) is 4.98 Å². The summed E-state index contributed by atoms with van der Waals surface area (Å²) in [5.74, 6) is 0. The van der Waals surface area contributed by atoms with Gasteiger partial charge in [0.1, 0.15) is 0 Å². The Kier molecular flexibility index (Phi) is 2.57. The fourth-order valence-corrected chi connectivity index (χ4v) is 2.30. The average Bonchev–Trinajstić information content (AvgIpc) is 3.06. The van der Waals surface area contributed by atoms with E-state index in [9.17, 15) is 0 Å². The van der Waals surface area contributed by atoms with Crippen LogP contribution in [-0.2, 0) is 6.42 Å². The van der Waals surface area contributed by atoms with Gasteiger partial charge in [-0.1, -0.05) is 29.8 Å². The Morgan fingerprint density at radius 3 is 2.82 bits per heavy atom. The lowest BCUT2D eigenvalue weighted by molar-refractivity contribution is 0.604. The van der Waals surface area contributed by atoms with Gasteiger partial charge in [-0.05, 0) is 37.8 Å². The van der Waals surface area contributed by atoms with Gasteiger partial charge in [0.05, 0.1) is 10.5 Å². The highest BCUT2D eigenvalue weighted by Crippen LogP contribution is 2.36. The predicted molar refractivity (Wildman–Crippen MR) is 71.2 cm³/mol. The lowest BCUT2D eigenvalue weighted by Gasteiger charge is -2.08. The molecule has 0 bridgehead atoms. The molecule has 3 heteroatoms. The van der Waals surface area contributed by atoms with Crippen molar-refractivity contribution in [3.63, 3.8) is 0 Å². The summed E-state index contributed by atoms with van der Waals surface area (Å²) >= 11 is 6.14. The minimum atomic E-state index is 0.0944. The number of aryl methyl sites for hydroxylation is 1. The molecule has 0 aliphatic heterocycles. The zero-order valence-corrected chi connectivity index (χ0v) is 10.4. The van der Waals surface area contributed by atoms with Crippen molar-refractivity contribution in [2.75, 3.05) is 0 Å². The van der Waals surface area contributed by atoms with Gasteiger partial charge in [0.25, 0.3) is 0 Å². The van der Waals surface area contributed by atoms with Crippen LogP contribution in [0.25, 0.3) is 10.9 Å². The Morgan fingerprint density at radius 2 is 2.06 bits per heavy atom. The number of aromatic nitrogens is 1. The Hall–Kier alpha value is -1.12. The lowest BCUT2D eigenvalue weighted by atomic mass is 10.1. The predicted octanol–water partition coefficient (Wildman–Crippen LogP) is 3.31. The van der Waals surface area contributed by atoms with E-state index < -0.39 is 0 Å². The topological polar surface area (TPSA) is 38.9 Å². The van der Waals surface area contributed by atoms with E-state index in [-0.39, 0.29) is 5.54 Å². The minimum absolute atomic E-state index is 0.0944. The Morgan fingerprint density at radius 1 is 1.24 bits per heavy atom. The maximum atomic E-state index is 6.14. The van der Waals surface area contributed by atoms with Crippen molar-refractivity contribution >= 4 is 22.5 Å². The second-order valence-corrected chi connectivity index (χ2v) is 5.38. The van der Waals surface area contributed by atoms with E-state index in [1.54, 1.807) is 0 Å². The Labute approximate surface area is 106 Å². The number of rotatable bonds is 3. The molecule has 1 fully saturated rings. The summed E-state index contributed by atoms with van der Waals surface area (Å²) < 4.78 is 0. The van der Waals surface area contributed by atoms with Gasteiger partial charge in [-0.15, -0.1) is 0 Å². The van der Waals surface area contributed by atoms with Crippen LogP contribution in [0, 0.1) is 0 Å². The van der Waals surface area contributed by atoms with Crippen LogP contribution >= 0.6 is 11.6 Å². The molecule has 88 valence electrons. The second-order valence-electron chi connectivity index (χ2n) is 4.98. The molecule has 0 amide bonds. The minimum Gasteiger partial charge on any atom is -0.325 e. The molecular formula is C14H15ClN2. The molecule has 1 aliphatic carbocycles. The molecule has 1 aromatic carbocycles. The van der Waals surface area contributed by atoms with Crippen molar-refractivity contribution in [1.82, 2.24) is 4.98 Å². The number of benzene rings is 1. The van der Waals surface area contributed by atoms with E-state index in [1.165, 1.54) is 0 Å². The summed E-state index contributed by atoms with van der Waals surface area (Å²) in [6.45, 7) is 0. The molecule has 0 atom stereocenters. The first-order valence-corrected chi connectivity index (χ1v) is 6.37. The van der Waals surface area contributed by atoms with Crippen LogP contribution < -0.4 is 5.73 Å². The molecule has 2 aromatic rings. The van der Waals surface area contributed by atoms with Crippen LogP contribution in [0.2, 0.25) is 5.02 Å². The van der Waals surface area contributed by atoms with E-state index in [2.05, 4.69) is 17.1 Å². The molecule has 3 rings (SSSR count). The van der Waals surface area contributed by atoms with Crippen molar-refractivity contribution < 1.29 is 0 Å². The summed E-state index contributed by atoms with van der Waals surface area (Å²) in [7, 11) is 0. The highest BCUT2D eigenvalue weighted by molar-refractivity contribution is 6.35. The maximum absolute atomic E-state index is 6.14. The quantitative estimate of drug-likeness (QED) is 0.903. The SMILES string of the molecule is NC1(CCc2ccc3cccc(Cl)c3n2)CC1. The zero-order chi connectivity index (χ0) is 11.9. The number of nitrogens with two attached hydrogens (primary N) is 1. The highest BCUT2D eigenvalue weighted by atomic mass is 35.5. The van der Waals surface area contributed by atoms with E-state index in [0.717, 1.165) is 47.3 Å². The Balaban J connectivity index is 1.87. The number of nitrogens with zero attached hydrogens (tertiary/aromatic N) is 1. The Bertz CT molecular complexity index is 561. The molecule has 0 radical (unpaired) electrons. The average molecular weight is 247 g/mol. The fourth-order valence-electron chi connectivity index (χ4n) is 2.08. The number of pyridine rings is 1. The fraction of sp³-hybridized carbons (Fsp3) is 0.357. The highest BCUT2D eigenvalue weighted by Gasteiger charge is 2.37. The zero-order valence-electron chi connectivity index (χ0n) is 9.62. The summed E-state index contributed by atoms with van der Waals surface area (Å²) in [4.78, 5) is 4.62. The van der Waals surface area contributed by atoms with Crippen molar-refractivity contribution in [3.8, 4) is 0 Å². The first-order valence-electron chi connectivity index (χ1n) is 5.99. The molecule has 0 spiro atoms. The number of para-hydroxylation sites is 1. The lowest BCUT2D eigenvalue weighted by Crippen LogP contribution is -2.22. The third-order valence-corrected chi connectivity index (χ3v) is 3.80. The standard InChI is InChI=1S/C14H15ClN2/c15-12-3-1-2-10-4-5-11(17-13(10)12)6-7-14(16)8-9-14/h1-5H,6-9,16H2. The van der Waals surface area contributed by atoms with Crippen LogP contribution in [0.1, 0.15) is 25.0 Å². The van der Waals surface area contributed by atoms with Gasteiger partial charge < -0.3 is 5.73 Å². The first kappa shape index (κ1) is 11.0.